The molecule has 1 aromatic heterocycles. The highest BCUT2D eigenvalue weighted by atomic mass is 19.1. The SMILES string of the molecule is COC(=O)[C@@]1(Cc2ccc(OCCc3cc(N4CCCC4)nc4ccccc34)c(F)c2)CC1C(=O)NO. The van der Waals surface area contributed by atoms with Crippen LogP contribution in [0.3, 0.4) is 0 Å². The number of aromatic nitrogens is 1. The van der Waals surface area contributed by atoms with E-state index in [-0.39, 0.29) is 25.2 Å². The van der Waals surface area contributed by atoms with E-state index in [4.69, 9.17) is 19.7 Å². The van der Waals surface area contributed by atoms with E-state index < -0.39 is 29.0 Å². The molecular weight excluding hydrogens is 477 g/mol. The number of ether oxygens (including phenoxy) is 2. The van der Waals surface area contributed by atoms with Crippen molar-refractivity contribution in [2.24, 2.45) is 11.3 Å². The molecule has 8 nitrogen and oxygen atoms in total. The Morgan fingerprint density at radius 1 is 1.19 bits per heavy atom. The zero-order valence-electron chi connectivity index (χ0n) is 20.7. The lowest BCUT2D eigenvalue weighted by atomic mass is 9.93. The molecule has 2 aromatic carbocycles. The van der Waals surface area contributed by atoms with Crippen molar-refractivity contribution in [3.63, 3.8) is 0 Å². The van der Waals surface area contributed by atoms with Crippen LogP contribution < -0.4 is 15.1 Å². The van der Waals surface area contributed by atoms with Crippen LogP contribution in [0, 0.1) is 17.2 Å². The van der Waals surface area contributed by atoms with Crippen LogP contribution >= 0.6 is 0 Å². The van der Waals surface area contributed by atoms with E-state index in [1.165, 1.54) is 13.2 Å². The van der Waals surface area contributed by atoms with Gasteiger partial charge in [0.25, 0.3) is 0 Å². The van der Waals surface area contributed by atoms with Gasteiger partial charge in [0, 0.05) is 24.9 Å². The first kappa shape index (κ1) is 25.0. The molecule has 2 N–H and O–H groups in total. The topological polar surface area (TPSA) is 101 Å². The van der Waals surface area contributed by atoms with Crippen LogP contribution in [0.15, 0.2) is 48.5 Å². The fourth-order valence-electron chi connectivity index (χ4n) is 5.38. The molecule has 1 aliphatic heterocycles. The zero-order valence-corrected chi connectivity index (χ0v) is 20.7. The highest BCUT2D eigenvalue weighted by Gasteiger charge is 2.64. The first-order chi connectivity index (χ1) is 17.9. The van der Waals surface area contributed by atoms with Gasteiger partial charge in [-0.1, -0.05) is 24.3 Å². The molecule has 2 heterocycles. The normalized spacial score (nSPS) is 20.6. The third-order valence-corrected chi connectivity index (χ3v) is 7.46. The Hall–Kier alpha value is -3.72. The molecule has 1 amide bonds. The lowest BCUT2D eigenvalue weighted by Crippen LogP contribution is -2.30. The molecule has 2 aliphatic rings. The number of hydroxylamine groups is 1. The van der Waals surface area contributed by atoms with Crippen LogP contribution in [-0.2, 0) is 27.2 Å². The van der Waals surface area contributed by atoms with Gasteiger partial charge in [0.2, 0.25) is 5.91 Å². The maximum absolute atomic E-state index is 14.9. The van der Waals surface area contributed by atoms with Crippen LogP contribution in [0.2, 0.25) is 0 Å². The summed E-state index contributed by atoms with van der Waals surface area (Å²) in [6, 6.07) is 14.7. The minimum Gasteiger partial charge on any atom is -0.490 e. The number of fused-ring (bicyclic) bond motifs is 1. The highest BCUT2D eigenvalue weighted by molar-refractivity contribution is 5.93. The second-order valence-electron chi connectivity index (χ2n) is 9.77. The number of benzene rings is 2. The van der Waals surface area contributed by atoms with Gasteiger partial charge in [-0.25, -0.2) is 14.9 Å². The van der Waals surface area contributed by atoms with Crippen LogP contribution in [0.25, 0.3) is 10.9 Å². The highest BCUT2D eigenvalue weighted by Crippen LogP contribution is 2.55. The number of methoxy groups -OCH3 is 1. The van der Waals surface area contributed by atoms with Gasteiger partial charge in [-0.3, -0.25) is 14.8 Å². The van der Waals surface area contributed by atoms with Crippen molar-refractivity contribution in [3.8, 4) is 5.75 Å². The van der Waals surface area contributed by atoms with Gasteiger partial charge in [0.1, 0.15) is 5.82 Å². The fraction of sp³-hybridized carbons (Fsp3) is 0.393. The molecule has 5 rings (SSSR count). The molecule has 0 radical (unpaired) electrons. The average molecular weight is 508 g/mol. The number of carbonyl (C=O) groups excluding carboxylic acids is 2. The smallest absolute Gasteiger partial charge is 0.312 e. The monoisotopic (exact) mass is 507 g/mol. The van der Waals surface area contributed by atoms with Crippen LogP contribution in [0.5, 0.6) is 5.75 Å². The van der Waals surface area contributed by atoms with E-state index in [0.29, 0.717) is 12.0 Å². The predicted octanol–water partition coefficient (Wildman–Crippen LogP) is 3.82. The zero-order chi connectivity index (χ0) is 26.0. The van der Waals surface area contributed by atoms with Gasteiger partial charge in [0.05, 0.1) is 30.6 Å². The van der Waals surface area contributed by atoms with Crippen LogP contribution in [-0.4, -0.2) is 48.9 Å². The van der Waals surface area contributed by atoms with Gasteiger partial charge in [0.15, 0.2) is 11.6 Å². The molecule has 0 bridgehead atoms. The molecule has 1 saturated carbocycles. The summed E-state index contributed by atoms with van der Waals surface area (Å²) in [5.41, 5.74) is 3.06. The number of anilines is 1. The number of halogens is 1. The number of para-hydroxylation sites is 1. The summed E-state index contributed by atoms with van der Waals surface area (Å²) >= 11 is 0. The summed E-state index contributed by atoms with van der Waals surface area (Å²) in [4.78, 5) is 31.3. The van der Waals surface area contributed by atoms with E-state index >= 15 is 0 Å². The maximum Gasteiger partial charge on any atom is 0.312 e. The van der Waals surface area contributed by atoms with Crippen LogP contribution in [0.4, 0.5) is 10.2 Å². The summed E-state index contributed by atoms with van der Waals surface area (Å²) in [6.07, 6.45) is 3.27. The molecule has 1 unspecified atom stereocenters. The molecule has 2 atom stereocenters. The second-order valence-corrected chi connectivity index (χ2v) is 9.77. The number of amides is 1. The van der Waals surface area contributed by atoms with Crippen molar-refractivity contribution in [3.05, 3.63) is 65.5 Å². The van der Waals surface area contributed by atoms with Crippen molar-refractivity contribution in [1.82, 2.24) is 10.5 Å². The Morgan fingerprint density at radius 3 is 2.70 bits per heavy atom. The fourth-order valence-corrected chi connectivity index (χ4v) is 5.38. The molecule has 3 aromatic rings. The van der Waals surface area contributed by atoms with E-state index in [1.807, 2.05) is 24.3 Å². The average Bonchev–Trinajstić information content (AvgIpc) is 3.37. The Morgan fingerprint density at radius 2 is 1.97 bits per heavy atom. The third kappa shape index (κ3) is 4.96. The number of carbonyl (C=O) groups is 2. The summed E-state index contributed by atoms with van der Waals surface area (Å²) in [5, 5.41) is 10.00. The number of rotatable bonds is 9. The number of nitrogens with zero attached hydrogens (tertiary/aromatic N) is 2. The second kappa shape index (κ2) is 10.3. The molecule has 37 heavy (non-hydrogen) atoms. The molecule has 1 aliphatic carbocycles. The molecule has 194 valence electrons. The van der Waals surface area contributed by atoms with E-state index in [2.05, 4.69) is 11.0 Å². The first-order valence-corrected chi connectivity index (χ1v) is 12.5. The van der Waals surface area contributed by atoms with Gasteiger partial charge in [-0.15, -0.1) is 0 Å². The Labute approximate surface area is 214 Å². The minimum absolute atomic E-state index is 0.120. The van der Waals surface area contributed by atoms with Gasteiger partial charge in [-0.05, 0) is 61.1 Å². The molecule has 1 saturated heterocycles. The van der Waals surface area contributed by atoms with Crippen molar-refractivity contribution < 1.29 is 28.7 Å². The summed E-state index contributed by atoms with van der Waals surface area (Å²) < 4.78 is 25.6. The van der Waals surface area contributed by atoms with Crippen molar-refractivity contribution in [1.29, 1.82) is 0 Å². The van der Waals surface area contributed by atoms with Gasteiger partial charge in [-0.2, -0.15) is 0 Å². The number of pyridine rings is 1. The molecular formula is C28H30FN3O5. The van der Waals surface area contributed by atoms with Gasteiger partial charge < -0.3 is 14.4 Å². The summed E-state index contributed by atoms with van der Waals surface area (Å²) in [5.74, 6) is -1.38. The van der Waals surface area contributed by atoms with Crippen molar-refractivity contribution >= 4 is 28.6 Å². The molecule has 0 spiro atoms. The Balaban J connectivity index is 1.27. The molecule has 9 heteroatoms. The quantitative estimate of drug-likeness (QED) is 0.258. The summed E-state index contributed by atoms with van der Waals surface area (Å²) in [7, 11) is 1.24. The third-order valence-electron chi connectivity index (χ3n) is 7.46. The van der Waals surface area contributed by atoms with Crippen molar-refractivity contribution in [2.75, 3.05) is 31.7 Å². The standard InChI is InChI=1S/C28H30FN3O5/c1-36-27(34)28(17-21(28)26(33)31-35)16-18-8-9-24(22(29)14-18)37-13-10-19-15-25(32-11-4-5-12-32)30-23-7-3-2-6-20(19)23/h2-3,6-9,14-15,21,35H,4-5,10-13,16-17H2,1H3,(H,31,33)/t21?,28-/m0/s1. The lowest BCUT2D eigenvalue weighted by molar-refractivity contribution is -0.149. The number of esters is 1. The largest absolute Gasteiger partial charge is 0.490 e. The number of hydrogen-bond acceptors (Lipinski definition) is 7. The predicted molar refractivity (Wildman–Crippen MR) is 135 cm³/mol. The van der Waals surface area contributed by atoms with Crippen molar-refractivity contribution in [2.45, 2.75) is 32.1 Å². The van der Waals surface area contributed by atoms with E-state index in [0.717, 1.165) is 48.2 Å². The Bertz CT molecular complexity index is 1330. The Kier molecular flexibility index (Phi) is 6.97. The van der Waals surface area contributed by atoms with Crippen LogP contribution in [0.1, 0.15) is 30.4 Å². The summed E-state index contributed by atoms with van der Waals surface area (Å²) in [6.45, 7) is 2.29. The van der Waals surface area contributed by atoms with E-state index in [9.17, 15) is 14.0 Å². The molecule has 2 fully saturated rings. The first-order valence-electron chi connectivity index (χ1n) is 12.5. The maximum atomic E-state index is 14.9. The number of nitrogens with one attached hydrogen (secondary N) is 1. The lowest BCUT2D eigenvalue weighted by Gasteiger charge is -2.19. The van der Waals surface area contributed by atoms with Gasteiger partial charge >= 0.3 is 5.97 Å². The number of hydrogen-bond donors (Lipinski definition) is 2. The minimum atomic E-state index is -1.11. The van der Waals surface area contributed by atoms with E-state index in [1.54, 1.807) is 17.6 Å².